The standard InChI is InChI=1S/C13H14ClN3OS/c1-9(2)18-12-4-3-10(7-11(12)14)8-16-17-13-15-5-6-19-13/h3-9H,1-2H3,(H,15,17)/b16-8-. The number of hydrogen-bond acceptors (Lipinski definition) is 5. The van der Waals surface area contributed by atoms with Gasteiger partial charge in [-0.2, -0.15) is 5.10 Å². The van der Waals surface area contributed by atoms with Gasteiger partial charge in [-0.1, -0.05) is 11.6 Å². The van der Waals surface area contributed by atoms with Crippen molar-refractivity contribution in [3.63, 3.8) is 0 Å². The Morgan fingerprint density at radius 1 is 1.47 bits per heavy atom. The fourth-order valence-corrected chi connectivity index (χ4v) is 2.10. The monoisotopic (exact) mass is 295 g/mol. The third-order valence-electron chi connectivity index (χ3n) is 2.12. The molecular weight excluding hydrogens is 282 g/mol. The van der Waals surface area contributed by atoms with E-state index in [2.05, 4.69) is 15.5 Å². The van der Waals surface area contributed by atoms with Crippen LogP contribution in [-0.4, -0.2) is 17.3 Å². The molecule has 0 saturated carbocycles. The lowest BCUT2D eigenvalue weighted by molar-refractivity contribution is 0.242. The molecule has 1 aromatic heterocycles. The second-order valence-electron chi connectivity index (χ2n) is 4.06. The van der Waals surface area contributed by atoms with Gasteiger partial charge in [-0.3, -0.25) is 5.43 Å². The van der Waals surface area contributed by atoms with Gasteiger partial charge in [0.2, 0.25) is 5.13 Å². The van der Waals surface area contributed by atoms with Gasteiger partial charge >= 0.3 is 0 Å². The van der Waals surface area contributed by atoms with E-state index in [9.17, 15) is 0 Å². The Hall–Kier alpha value is -1.59. The molecular formula is C13H14ClN3OS. The van der Waals surface area contributed by atoms with Crippen LogP contribution in [0.1, 0.15) is 19.4 Å². The van der Waals surface area contributed by atoms with Gasteiger partial charge in [0.1, 0.15) is 5.75 Å². The van der Waals surface area contributed by atoms with E-state index in [1.807, 2.05) is 37.4 Å². The zero-order chi connectivity index (χ0) is 13.7. The first-order valence-corrected chi connectivity index (χ1v) is 7.05. The molecule has 0 aliphatic rings. The van der Waals surface area contributed by atoms with Crippen molar-refractivity contribution in [2.75, 3.05) is 5.43 Å². The normalized spacial score (nSPS) is 11.2. The van der Waals surface area contributed by atoms with Gasteiger partial charge in [-0.05, 0) is 37.6 Å². The highest BCUT2D eigenvalue weighted by Gasteiger charge is 2.04. The molecule has 0 unspecified atom stereocenters. The average molecular weight is 296 g/mol. The zero-order valence-corrected chi connectivity index (χ0v) is 12.2. The van der Waals surface area contributed by atoms with Crippen molar-refractivity contribution >= 4 is 34.3 Å². The molecule has 6 heteroatoms. The van der Waals surface area contributed by atoms with E-state index in [4.69, 9.17) is 16.3 Å². The summed E-state index contributed by atoms with van der Waals surface area (Å²) in [6.45, 7) is 3.92. The number of hydrazone groups is 1. The van der Waals surface area contributed by atoms with Crippen LogP contribution in [0.4, 0.5) is 5.13 Å². The Balaban J connectivity index is 2.01. The van der Waals surface area contributed by atoms with E-state index in [0.717, 1.165) is 10.7 Å². The van der Waals surface area contributed by atoms with Crippen LogP contribution in [0.15, 0.2) is 34.9 Å². The number of thiazole rings is 1. The lowest BCUT2D eigenvalue weighted by Crippen LogP contribution is -2.05. The lowest BCUT2D eigenvalue weighted by atomic mass is 10.2. The molecule has 4 nitrogen and oxygen atoms in total. The van der Waals surface area contributed by atoms with Gasteiger partial charge in [0.15, 0.2) is 0 Å². The van der Waals surface area contributed by atoms with Gasteiger partial charge in [-0.15, -0.1) is 11.3 Å². The molecule has 2 aromatic rings. The van der Waals surface area contributed by atoms with Crippen LogP contribution in [0.25, 0.3) is 0 Å². The first kappa shape index (κ1) is 13.8. The highest BCUT2D eigenvalue weighted by atomic mass is 35.5. The number of ether oxygens (including phenoxy) is 1. The van der Waals surface area contributed by atoms with Crippen molar-refractivity contribution in [1.82, 2.24) is 4.98 Å². The van der Waals surface area contributed by atoms with E-state index in [1.165, 1.54) is 11.3 Å². The van der Waals surface area contributed by atoms with E-state index >= 15 is 0 Å². The van der Waals surface area contributed by atoms with Crippen LogP contribution in [0, 0.1) is 0 Å². The number of anilines is 1. The van der Waals surface area contributed by atoms with E-state index in [0.29, 0.717) is 10.8 Å². The first-order valence-electron chi connectivity index (χ1n) is 5.80. The molecule has 0 radical (unpaired) electrons. The third-order valence-corrected chi connectivity index (χ3v) is 3.10. The van der Waals surface area contributed by atoms with Crippen molar-refractivity contribution < 1.29 is 4.74 Å². The molecule has 1 heterocycles. The molecule has 100 valence electrons. The maximum Gasteiger partial charge on any atom is 0.203 e. The van der Waals surface area contributed by atoms with Gasteiger partial charge in [0.25, 0.3) is 0 Å². The molecule has 0 bridgehead atoms. The number of halogens is 1. The Kier molecular flexibility index (Phi) is 4.76. The van der Waals surface area contributed by atoms with E-state index in [1.54, 1.807) is 12.4 Å². The van der Waals surface area contributed by atoms with Crippen LogP contribution >= 0.6 is 22.9 Å². The predicted molar refractivity (Wildman–Crippen MR) is 80.5 cm³/mol. The van der Waals surface area contributed by atoms with Gasteiger partial charge in [-0.25, -0.2) is 4.98 Å². The fourth-order valence-electron chi connectivity index (χ4n) is 1.39. The molecule has 1 N–H and O–H groups in total. The lowest BCUT2D eigenvalue weighted by Gasteiger charge is -2.11. The highest BCUT2D eigenvalue weighted by Crippen LogP contribution is 2.25. The summed E-state index contributed by atoms with van der Waals surface area (Å²) in [5.74, 6) is 0.682. The maximum absolute atomic E-state index is 6.13. The summed E-state index contributed by atoms with van der Waals surface area (Å²) in [5.41, 5.74) is 3.74. The van der Waals surface area contributed by atoms with E-state index < -0.39 is 0 Å². The van der Waals surface area contributed by atoms with Crippen molar-refractivity contribution in [3.8, 4) is 5.75 Å². The van der Waals surface area contributed by atoms with Crippen LogP contribution in [0.5, 0.6) is 5.75 Å². The third kappa shape index (κ3) is 4.22. The van der Waals surface area contributed by atoms with Crippen molar-refractivity contribution in [2.24, 2.45) is 5.10 Å². The second-order valence-corrected chi connectivity index (χ2v) is 5.37. The van der Waals surface area contributed by atoms with Crippen LogP contribution in [0.3, 0.4) is 0 Å². The molecule has 0 saturated heterocycles. The van der Waals surface area contributed by atoms with E-state index in [-0.39, 0.29) is 6.10 Å². The number of nitrogens with zero attached hydrogens (tertiary/aromatic N) is 2. The number of nitrogens with one attached hydrogen (secondary N) is 1. The Morgan fingerprint density at radius 2 is 2.32 bits per heavy atom. The molecule has 0 atom stereocenters. The number of aromatic nitrogens is 1. The topological polar surface area (TPSA) is 46.5 Å². The molecule has 19 heavy (non-hydrogen) atoms. The highest BCUT2D eigenvalue weighted by molar-refractivity contribution is 7.13. The summed E-state index contributed by atoms with van der Waals surface area (Å²) in [6.07, 6.45) is 3.51. The molecule has 0 aliphatic heterocycles. The Labute approximate surface area is 121 Å². The Morgan fingerprint density at radius 3 is 2.95 bits per heavy atom. The van der Waals surface area contributed by atoms with Gasteiger partial charge in [0, 0.05) is 11.6 Å². The number of hydrogen-bond donors (Lipinski definition) is 1. The summed E-state index contributed by atoms with van der Waals surface area (Å²) in [6, 6.07) is 5.55. The largest absolute Gasteiger partial charge is 0.489 e. The molecule has 0 spiro atoms. The van der Waals surface area contributed by atoms with Crippen LogP contribution < -0.4 is 10.2 Å². The molecule has 0 amide bonds. The SMILES string of the molecule is CC(C)Oc1ccc(/C=N\Nc2nccs2)cc1Cl. The minimum absolute atomic E-state index is 0.101. The molecule has 2 rings (SSSR count). The van der Waals surface area contributed by atoms with Crippen molar-refractivity contribution in [3.05, 3.63) is 40.4 Å². The number of rotatable bonds is 5. The predicted octanol–water partition coefficient (Wildman–Crippen LogP) is 4.03. The Bertz CT molecular complexity index is 555. The van der Waals surface area contributed by atoms with Gasteiger partial charge < -0.3 is 4.74 Å². The maximum atomic E-state index is 6.13. The number of benzene rings is 1. The van der Waals surface area contributed by atoms with Crippen LogP contribution in [0.2, 0.25) is 5.02 Å². The summed E-state index contributed by atoms with van der Waals surface area (Å²) in [4.78, 5) is 4.06. The minimum atomic E-state index is 0.101. The minimum Gasteiger partial charge on any atom is -0.489 e. The summed E-state index contributed by atoms with van der Waals surface area (Å²) in [7, 11) is 0. The molecule has 0 fully saturated rings. The summed E-state index contributed by atoms with van der Waals surface area (Å²) < 4.78 is 5.56. The fraction of sp³-hybridized carbons (Fsp3) is 0.231. The molecule has 1 aromatic carbocycles. The summed E-state index contributed by atoms with van der Waals surface area (Å²) >= 11 is 7.62. The van der Waals surface area contributed by atoms with Crippen LogP contribution in [-0.2, 0) is 0 Å². The second kappa shape index (κ2) is 6.54. The average Bonchev–Trinajstić information content (AvgIpc) is 2.85. The van der Waals surface area contributed by atoms with Gasteiger partial charge in [0.05, 0.1) is 17.3 Å². The zero-order valence-electron chi connectivity index (χ0n) is 10.6. The smallest absolute Gasteiger partial charge is 0.203 e. The van der Waals surface area contributed by atoms with Crippen molar-refractivity contribution in [1.29, 1.82) is 0 Å². The summed E-state index contributed by atoms with van der Waals surface area (Å²) in [5, 5.41) is 7.30. The quantitative estimate of drug-likeness (QED) is 0.669. The molecule has 0 aliphatic carbocycles. The van der Waals surface area contributed by atoms with Crippen molar-refractivity contribution in [2.45, 2.75) is 20.0 Å². The first-order chi connectivity index (χ1) is 9.15.